The van der Waals surface area contributed by atoms with Crippen LogP contribution in [0.4, 0.5) is 4.39 Å². The van der Waals surface area contributed by atoms with Crippen LogP contribution >= 0.6 is 0 Å². The Hall–Kier alpha value is -2.14. The van der Waals surface area contributed by atoms with Gasteiger partial charge in [0.15, 0.2) is 5.76 Å². The zero-order valence-corrected chi connectivity index (χ0v) is 13.0. The van der Waals surface area contributed by atoms with Gasteiger partial charge >= 0.3 is 0 Å². The maximum absolute atomic E-state index is 12.9. The van der Waals surface area contributed by atoms with Gasteiger partial charge in [0.1, 0.15) is 11.6 Å². The third kappa shape index (κ3) is 4.20. The number of carbonyl (C=O) groups is 1. The first-order chi connectivity index (χ1) is 11.2. The molecular weight excluding hydrogens is 295 g/mol. The average molecular weight is 316 g/mol. The van der Waals surface area contributed by atoms with E-state index in [0.29, 0.717) is 18.2 Å². The molecule has 1 aliphatic rings. The van der Waals surface area contributed by atoms with Crippen LogP contribution in [0.25, 0.3) is 11.3 Å². The topological polar surface area (TPSA) is 54.3 Å². The molecule has 2 heterocycles. The number of rotatable bonds is 5. The maximum Gasteiger partial charge on any atom is 0.287 e. The molecule has 1 atom stereocenters. The lowest BCUT2D eigenvalue weighted by Gasteiger charge is -2.22. The molecule has 23 heavy (non-hydrogen) atoms. The van der Waals surface area contributed by atoms with Crippen molar-refractivity contribution in [1.29, 1.82) is 0 Å². The van der Waals surface area contributed by atoms with Gasteiger partial charge in [-0.25, -0.2) is 4.39 Å². The van der Waals surface area contributed by atoms with Crippen molar-refractivity contribution in [3.63, 3.8) is 0 Å². The minimum absolute atomic E-state index is 0.206. The van der Waals surface area contributed by atoms with Gasteiger partial charge in [-0.15, -0.1) is 0 Å². The Labute approximate surface area is 135 Å². The van der Waals surface area contributed by atoms with Gasteiger partial charge in [-0.3, -0.25) is 4.79 Å². The van der Waals surface area contributed by atoms with Gasteiger partial charge in [0.2, 0.25) is 0 Å². The monoisotopic (exact) mass is 316 g/mol. The van der Waals surface area contributed by atoms with Gasteiger partial charge < -0.3 is 15.1 Å². The lowest BCUT2D eigenvalue weighted by Crippen LogP contribution is -2.33. The van der Waals surface area contributed by atoms with Crippen molar-refractivity contribution < 1.29 is 13.6 Å². The molecule has 0 aliphatic carbocycles. The first-order valence-corrected chi connectivity index (χ1v) is 8.07. The van der Waals surface area contributed by atoms with Crippen LogP contribution < -0.4 is 10.6 Å². The van der Waals surface area contributed by atoms with Crippen molar-refractivity contribution in [2.45, 2.75) is 19.3 Å². The lowest BCUT2D eigenvalue weighted by molar-refractivity contribution is 0.0924. The fraction of sp³-hybridized carbons (Fsp3) is 0.389. The molecule has 1 aromatic heterocycles. The van der Waals surface area contributed by atoms with Crippen molar-refractivity contribution in [3.05, 3.63) is 48.0 Å². The summed E-state index contributed by atoms with van der Waals surface area (Å²) in [4.78, 5) is 12.1. The predicted molar refractivity (Wildman–Crippen MR) is 86.6 cm³/mol. The molecule has 5 heteroatoms. The first kappa shape index (κ1) is 15.7. The number of piperidine rings is 1. The third-order valence-electron chi connectivity index (χ3n) is 4.20. The first-order valence-electron chi connectivity index (χ1n) is 8.07. The Morgan fingerprint density at radius 3 is 2.83 bits per heavy atom. The summed E-state index contributed by atoms with van der Waals surface area (Å²) in [7, 11) is 0. The van der Waals surface area contributed by atoms with Crippen LogP contribution in [-0.2, 0) is 0 Å². The van der Waals surface area contributed by atoms with Crippen LogP contribution in [0, 0.1) is 11.7 Å². The van der Waals surface area contributed by atoms with Crippen LogP contribution in [0.2, 0.25) is 0 Å². The third-order valence-corrected chi connectivity index (χ3v) is 4.20. The van der Waals surface area contributed by atoms with E-state index in [1.807, 2.05) is 0 Å². The lowest BCUT2D eigenvalue weighted by atomic mass is 9.96. The van der Waals surface area contributed by atoms with Crippen LogP contribution in [-0.4, -0.2) is 25.5 Å². The van der Waals surface area contributed by atoms with E-state index < -0.39 is 0 Å². The quantitative estimate of drug-likeness (QED) is 0.890. The zero-order valence-electron chi connectivity index (χ0n) is 13.0. The molecule has 2 aromatic rings. The van der Waals surface area contributed by atoms with Crippen molar-refractivity contribution in [3.8, 4) is 11.3 Å². The molecule has 0 saturated carbocycles. The highest BCUT2D eigenvalue weighted by atomic mass is 19.1. The summed E-state index contributed by atoms with van der Waals surface area (Å²) >= 11 is 0. The minimum Gasteiger partial charge on any atom is -0.451 e. The molecule has 3 rings (SSSR count). The number of nitrogens with one attached hydrogen (secondary N) is 2. The zero-order chi connectivity index (χ0) is 16.1. The second-order valence-electron chi connectivity index (χ2n) is 5.93. The van der Waals surface area contributed by atoms with Gasteiger partial charge in [-0.1, -0.05) is 0 Å². The van der Waals surface area contributed by atoms with Crippen molar-refractivity contribution in [2.24, 2.45) is 5.92 Å². The predicted octanol–water partition coefficient (Wildman–Crippen LogP) is 3.21. The second-order valence-corrected chi connectivity index (χ2v) is 5.93. The summed E-state index contributed by atoms with van der Waals surface area (Å²) in [5.74, 6) is 0.978. The normalized spacial score (nSPS) is 17.9. The van der Waals surface area contributed by atoms with Crippen molar-refractivity contribution in [2.75, 3.05) is 19.6 Å². The van der Waals surface area contributed by atoms with E-state index >= 15 is 0 Å². The van der Waals surface area contributed by atoms with E-state index in [1.54, 1.807) is 24.3 Å². The fourth-order valence-corrected chi connectivity index (χ4v) is 2.88. The Morgan fingerprint density at radius 2 is 2.09 bits per heavy atom. The molecular formula is C18H21FN2O2. The van der Waals surface area contributed by atoms with E-state index in [1.165, 1.54) is 25.0 Å². The summed E-state index contributed by atoms with van der Waals surface area (Å²) < 4.78 is 18.5. The Balaban J connectivity index is 1.52. The van der Waals surface area contributed by atoms with E-state index in [2.05, 4.69) is 10.6 Å². The van der Waals surface area contributed by atoms with Gasteiger partial charge in [-0.05, 0) is 74.7 Å². The summed E-state index contributed by atoms with van der Waals surface area (Å²) in [5.41, 5.74) is 0.749. The van der Waals surface area contributed by atoms with Gasteiger partial charge in [0, 0.05) is 12.1 Å². The van der Waals surface area contributed by atoms with Crippen molar-refractivity contribution >= 4 is 5.91 Å². The summed E-state index contributed by atoms with van der Waals surface area (Å²) in [6.45, 7) is 2.78. The van der Waals surface area contributed by atoms with Crippen molar-refractivity contribution in [1.82, 2.24) is 10.6 Å². The molecule has 0 bridgehead atoms. The van der Waals surface area contributed by atoms with Crippen LogP contribution in [0.3, 0.4) is 0 Å². The number of halogens is 1. The molecule has 1 amide bonds. The summed E-state index contributed by atoms with van der Waals surface area (Å²) in [5, 5.41) is 6.27. The Kier molecular flexibility index (Phi) is 5.08. The molecule has 1 fully saturated rings. The van der Waals surface area contributed by atoms with Gasteiger partial charge in [0.25, 0.3) is 5.91 Å². The second kappa shape index (κ2) is 7.42. The molecule has 0 radical (unpaired) electrons. The SMILES string of the molecule is O=C(NCCC1CCCNC1)c1ccc(-c2ccc(F)cc2)o1. The van der Waals surface area contributed by atoms with Gasteiger partial charge in [0.05, 0.1) is 0 Å². The van der Waals surface area contributed by atoms with Gasteiger partial charge in [-0.2, -0.15) is 0 Å². The number of benzene rings is 1. The highest BCUT2D eigenvalue weighted by Gasteiger charge is 2.15. The molecule has 1 aromatic carbocycles. The number of amides is 1. The smallest absolute Gasteiger partial charge is 0.287 e. The van der Waals surface area contributed by atoms with E-state index in [9.17, 15) is 9.18 Å². The number of hydrogen-bond acceptors (Lipinski definition) is 3. The fourth-order valence-electron chi connectivity index (χ4n) is 2.88. The number of carbonyl (C=O) groups excluding carboxylic acids is 1. The van der Waals surface area contributed by atoms with E-state index in [4.69, 9.17) is 4.42 Å². The molecule has 0 spiro atoms. The highest BCUT2D eigenvalue weighted by molar-refractivity contribution is 5.92. The number of furan rings is 1. The van der Waals surface area contributed by atoms with E-state index in [-0.39, 0.29) is 17.5 Å². The number of hydrogen-bond donors (Lipinski definition) is 2. The Bertz CT molecular complexity index is 645. The minimum atomic E-state index is -0.296. The summed E-state index contributed by atoms with van der Waals surface area (Å²) in [6.07, 6.45) is 3.40. The Morgan fingerprint density at radius 1 is 1.26 bits per heavy atom. The van der Waals surface area contributed by atoms with Crippen LogP contribution in [0.5, 0.6) is 0 Å². The molecule has 122 valence electrons. The standard InChI is InChI=1S/C18H21FN2O2/c19-15-5-3-14(4-6-15)16-7-8-17(23-16)18(22)21-11-9-13-2-1-10-20-12-13/h3-8,13,20H,1-2,9-12H2,(H,21,22). The molecule has 2 N–H and O–H groups in total. The highest BCUT2D eigenvalue weighted by Crippen LogP contribution is 2.22. The van der Waals surface area contributed by atoms with E-state index in [0.717, 1.165) is 25.1 Å². The largest absolute Gasteiger partial charge is 0.451 e. The van der Waals surface area contributed by atoms with Crippen LogP contribution in [0.15, 0.2) is 40.8 Å². The molecule has 4 nitrogen and oxygen atoms in total. The summed E-state index contributed by atoms with van der Waals surface area (Å²) in [6, 6.07) is 9.38. The molecule has 1 saturated heterocycles. The molecule has 1 aliphatic heterocycles. The average Bonchev–Trinajstić information content (AvgIpc) is 3.06. The maximum atomic E-state index is 12.9. The molecule has 1 unspecified atom stereocenters. The van der Waals surface area contributed by atoms with Crippen LogP contribution in [0.1, 0.15) is 29.8 Å².